The molecule has 0 bridgehead atoms. The van der Waals surface area contributed by atoms with Gasteiger partial charge in [-0.2, -0.15) is 0 Å². The third-order valence-corrected chi connectivity index (χ3v) is 9.15. The monoisotopic (exact) mass is 482 g/mol. The molecule has 1 aromatic heterocycles. The van der Waals surface area contributed by atoms with Gasteiger partial charge in [-0.05, 0) is 68.6 Å². The summed E-state index contributed by atoms with van der Waals surface area (Å²) in [5.74, 6) is 0.727. The summed E-state index contributed by atoms with van der Waals surface area (Å²) in [5.41, 5.74) is 2.91. The van der Waals surface area contributed by atoms with Gasteiger partial charge >= 0.3 is 14.2 Å². The fraction of sp³-hybridized carbons (Fsp3) is 0.464. The molecule has 0 radical (unpaired) electrons. The van der Waals surface area contributed by atoms with Crippen LogP contribution in [-0.2, 0) is 15.3 Å². The molecule has 34 heavy (non-hydrogen) atoms. The largest absolute Gasteiger partial charge is 0.493 e. The highest BCUT2D eigenvalue weighted by Gasteiger charge is 2.29. The van der Waals surface area contributed by atoms with Crippen molar-refractivity contribution in [3.05, 3.63) is 64.5 Å². The molecular formula is C28H38O5Si. The molecule has 0 saturated heterocycles. The summed E-state index contributed by atoms with van der Waals surface area (Å²) in [6.07, 6.45) is 5.20. The normalized spacial score (nSPS) is 11.8. The molecule has 0 unspecified atom stereocenters. The summed E-state index contributed by atoms with van der Waals surface area (Å²) in [6.45, 7) is 10.4. The molecule has 3 rings (SSSR count). The minimum atomic E-state index is -2.00. The van der Waals surface area contributed by atoms with Crippen LogP contribution in [0.2, 0.25) is 12.6 Å². The highest BCUT2D eigenvalue weighted by molar-refractivity contribution is 6.66. The van der Waals surface area contributed by atoms with E-state index in [4.69, 9.17) is 18.0 Å². The van der Waals surface area contributed by atoms with Crippen molar-refractivity contribution in [2.45, 2.75) is 65.5 Å². The highest BCUT2D eigenvalue weighted by atomic mass is 28.4. The Morgan fingerprint density at radius 1 is 0.853 bits per heavy atom. The SMILES string of the molecule is CCO[Si](C)(CCCCCCOc1ccc2cc(-c3ccccc3CC)c(=O)oc2c1)OCC. The van der Waals surface area contributed by atoms with E-state index in [-0.39, 0.29) is 5.63 Å². The third kappa shape index (κ3) is 7.04. The van der Waals surface area contributed by atoms with E-state index in [0.717, 1.165) is 73.6 Å². The molecule has 0 saturated carbocycles. The average molecular weight is 483 g/mol. The molecule has 0 N–H and O–H groups in total. The lowest BCUT2D eigenvalue weighted by Crippen LogP contribution is -2.38. The number of benzene rings is 2. The van der Waals surface area contributed by atoms with Gasteiger partial charge in [-0.3, -0.25) is 0 Å². The van der Waals surface area contributed by atoms with Crippen molar-refractivity contribution in [2.75, 3.05) is 19.8 Å². The first-order valence-corrected chi connectivity index (χ1v) is 15.1. The van der Waals surface area contributed by atoms with Crippen LogP contribution >= 0.6 is 0 Å². The second-order valence-corrected chi connectivity index (χ2v) is 12.0. The number of unbranched alkanes of at least 4 members (excludes halogenated alkanes) is 3. The zero-order chi connectivity index (χ0) is 24.4. The maximum atomic E-state index is 12.7. The molecule has 5 nitrogen and oxygen atoms in total. The van der Waals surface area contributed by atoms with Crippen molar-refractivity contribution in [1.82, 2.24) is 0 Å². The lowest BCUT2D eigenvalue weighted by atomic mass is 9.99. The van der Waals surface area contributed by atoms with Crippen molar-refractivity contribution < 1.29 is 18.0 Å². The Kier molecular flexibility index (Phi) is 9.93. The second-order valence-electron chi connectivity index (χ2n) is 8.67. The molecular weight excluding hydrogens is 444 g/mol. The van der Waals surface area contributed by atoms with Crippen LogP contribution in [0.4, 0.5) is 0 Å². The van der Waals surface area contributed by atoms with Crippen molar-refractivity contribution in [3.63, 3.8) is 0 Å². The molecule has 6 heteroatoms. The fourth-order valence-corrected chi connectivity index (χ4v) is 6.83. The summed E-state index contributed by atoms with van der Waals surface area (Å²) in [6, 6.07) is 16.6. The minimum absolute atomic E-state index is 0.319. The predicted octanol–water partition coefficient (Wildman–Crippen LogP) is 7.11. The molecule has 0 aliphatic heterocycles. The van der Waals surface area contributed by atoms with Gasteiger partial charge in [0.25, 0.3) is 0 Å². The Balaban J connectivity index is 1.52. The topological polar surface area (TPSA) is 57.9 Å². The molecule has 0 fully saturated rings. The average Bonchev–Trinajstić information content (AvgIpc) is 2.83. The van der Waals surface area contributed by atoms with E-state index < -0.39 is 8.56 Å². The van der Waals surface area contributed by atoms with Crippen molar-refractivity contribution in [2.24, 2.45) is 0 Å². The van der Waals surface area contributed by atoms with Crippen molar-refractivity contribution in [3.8, 4) is 16.9 Å². The van der Waals surface area contributed by atoms with Crippen LogP contribution in [0, 0.1) is 0 Å². The quantitative estimate of drug-likeness (QED) is 0.139. The number of fused-ring (bicyclic) bond motifs is 1. The summed E-state index contributed by atoms with van der Waals surface area (Å²) < 4.78 is 23.4. The fourth-order valence-electron chi connectivity index (χ4n) is 4.35. The molecule has 3 aromatic rings. The third-order valence-electron chi connectivity index (χ3n) is 6.09. The van der Waals surface area contributed by atoms with Crippen molar-refractivity contribution >= 4 is 19.5 Å². The number of aryl methyl sites for hydroxylation is 1. The summed E-state index contributed by atoms with van der Waals surface area (Å²) in [7, 11) is -2.00. The molecule has 2 aromatic carbocycles. The van der Waals surface area contributed by atoms with Crippen LogP contribution in [0.25, 0.3) is 22.1 Å². The molecule has 0 amide bonds. The summed E-state index contributed by atoms with van der Waals surface area (Å²) in [5, 5.41) is 0.892. The smallest absolute Gasteiger partial charge is 0.344 e. The van der Waals surface area contributed by atoms with Gasteiger partial charge < -0.3 is 18.0 Å². The maximum Gasteiger partial charge on any atom is 0.344 e. The first-order valence-electron chi connectivity index (χ1n) is 12.6. The van der Waals surface area contributed by atoms with E-state index in [1.165, 1.54) is 0 Å². The van der Waals surface area contributed by atoms with E-state index in [9.17, 15) is 4.79 Å². The van der Waals surface area contributed by atoms with E-state index in [1.807, 2.05) is 56.3 Å². The Labute approximate surface area is 204 Å². The van der Waals surface area contributed by atoms with Gasteiger partial charge in [-0.15, -0.1) is 0 Å². The molecule has 0 spiro atoms. The van der Waals surface area contributed by atoms with Crippen LogP contribution in [0.5, 0.6) is 5.75 Å². The van der Waals surface area contributed by atoms with Gasteiger partial charge in [0.15, 0.2) is 0 Å². The first kappa shape index (κ1) is 26.2. The zero-order valence-electron chi connectivity index (χ0n) is 21.0. The Hall–Kier alpha value is -2.41. The predicted molar refractivity (Wildman–Crippen MR) is 141 cm³/mol. The number of hydrogen-bond acceptors (Lipinski definition) is 5. The number of hydrogen-bond donors (Lipinski definition) is 0. The molecule has 1 heterocycles. The lowest BCUT2D eigenvalue weighted by Gasteiger charge is -2.25. The van der Waals surface area contributed by atoms with Crippen LogP contribution in [-0.4, -0.2) is 28.4 Å². The van der Waals surface area contributed by atoms with Crippen LogP contribution < -0.4 is 10.4 Å². The first-order chi connectivity index (χ1) is 16.5. The Morgan fingerprint density at radius 3 is 2.32 bits per heavy atom. The lowest BCUT2D eigenvalue weighted by molar-refractivity contribution is 0.188. The Bertz CT molecular complexity index is 1100. The van der Waals surface area contributed by atoms with Gasteiger partial charge in [0, 0.05) is 24.7 Å². The van der Waals surface area contributed by atoms with Gasteiger partial charge in [-0.25, -0.2) is 4.79 Å². The van der Waals surface area contributed by atoms with Crippen LogP contribution in [0.1, 0.15) is 52.0 Å². The standard InChI is InChI=1S/C28H38O5Si/c1-5-22-14-10-11-15-25(22)26-20-23-16-17-24(21-27(23)33-28(26)29)30-18-12-8-9-13-19-34(4,31-6-2)32-7-3/h10-11,14-17,20-21H,5-9,12-13,18-19H2,1-4H3. The van der Waals surface area contributed by atoms with Gasteiger partial charge in [0.1, 0.15) is 11.3 Å². The second kappa shape index (κ2) is 12.9. The molecule has 0 aliphatic carbocycles. The maximum absolute atomic E-state index is 12.7. The van der Waals surface area contributed by atoms with E-state index in [2.05, 4.69) is 19.5 Å². The van der Waals surface area contributed by atoms with Crippen LogP contribution in [0.15, 0.2) is 57.7 Å². The van der Waals surface area contributed by atoms with E-state index in [1.54, 1.807) is 0 Å². The Morgan fingerprint density at radius 2 is 1.59 bits per heavy atom. The molecule has 0 atom stereocenters. The van der Waals surface area contributed by atoms with Gasteiger partial charge in [0.05, 0.1) is 12.2 Å². The highest BCUT2D eigenvalue weighted by Crippen LogP contribution is 2.27. The zero-order valence-corrected chi connectivity index (χ0v) is 22.0. The number of ether oxygens (including phenoxy) is 1. The minimum Gasteiger partial charge on any atom is -0.493 e. The summed E-state index contributed by atoms with van der Waals surface area (Å²) in [4.78, 5) is 12.7. The van der Waals surface area contributed by atoms with E-state index >= 15 is 0 Å². The van der Waals surface area contributed by atoms with Gasteiger partial charge in [0.2, 0.25) is 0 Å². The van der Waals surface area contributed by atoms with Crippen molar-refractivity contribution in [1.29, 1.82) is 0 Å². The van der Waals surface area contributed by atoms with Crippen LogP contribution in [0.3, 0.4) is 0 Å². The number of rotatable bonds is 14. The summed E-state index contributed by atoms with van der Waals surface area (Å²) >= 11 is 0. The van der Waals surface area contributed by atoms with Gasteiger partial charge in [-0.1, -0.05) is 50.5 Å². The molecule has 184 valence electrons. The van der Waals surface area contributed by atoms with E-state index in [0.29, 0.717) is 17.8 Å². The molecule has 0 aliphatic rings.